The van der Waals surface area contributed by atoms with Crippen LogP contribution < -0.4 is 10.1 Å². The maximum atomic E-state index is 12.9. The van der Waals surface area contributed by atoms with Gasteiger partial charge in [-0.05, 0) is 31.5 Å². The zero-order valence-electron chi connectivity index (χ0n) is 14.8. The van der Waals surface area contributed by atoms with Gasteiger partial charge in [0, 0.05) is 18.3 Å². The number of rotatable bonds is 6. The number of hydrogen-bond acceptors (Lipinski definition) is 6. The molecule has 1 amide bonds. The zero-order chi connectivity index (χ0) is 19.6. The third-order valence-electron chi connectivity index (χ3n) is 3.98. The minimum absolute atomic E-state index is 0.0489. The molecule has 0 unspecified atom stereocenters. The minimum Gasteiger partial charge on any atom is -0.506 e. The van der Waals surface area contributed by atoms with Crippen LogP contribution in [-0.4, -0.2) is 31.9 Å². The van der Waals surface area contributed by atoms with Gasteiger partial charge in [-0.2, -0.15) is 0 Å². The first-order chi connectivity index (χ1) is 13.0. The molecule has 2 heterocycles. The fourth-order valence-electron chi connectivity index (χ4n) is 2.76. The lowest BCUT2D eigenvalue weighted by molar-refractivity contribution is -0.384. The number of carbonyl (C=O) groups excluding carboxylic acids is 1. The average molecular weight is 370 g/mol. The molecule has 3 aromatic rings. The quantitative estimate of drug-likeness (QED) is 0.391. The minimum atomic E-state index is -0.602. The number of amides is 1. The molecule has 0 saturated carbocycles. The first-order valence-corrected chi connectivity index (χ1v) is 8.37. The van der Waals surface area contributed by atoms with E-state index in [1.807, 2.05) is 13.8 Å². The number of benzene rings is 1. The van der Waals surface area contributed by atoms with Gasteiger partial charge in [0.25, 0.3) is 11.6 Å². The van der Waals surface area contributed by atoms with E-state index in [1.54, 1.807) is 22.7 Å². The number of carbonyl (C=O) groups is 1. The number of non-ortho nitro benzene ring substituents is 1. The maximum absolute atomic E-state index is 12.9. The Kier molecular flexibility index (Phi) is 4.93. The van der Waals surface area contributed by atoms with Crippen LogP contribution in [0.4, 0.5) is 11.4 Å². The molecule has 0 aliphatic rings. The van der Waals surface area contributed by atoms with Crippen LogP contribution >= 0.6 is 0 Å². The Labute approximate surface area is 154 Å². The van der Waals surface area contributed by atoms with Gasteiger partial charge >= 0.3 is 0 Å². The molecule has 0 atom stereocenters. The van der Waals surface area contributed by atoms with Crippen molar-refractivity contribution in [3.8, 4) is 11.5 Å². The van der Waals surface area contributed by atoms with Crippen molar-refractivity contribution in [2.75, 3.05) is 11.9 Å². The van der Waals surface area contributed by atoms with Gasteiger partial charge in [-0.1, -0.05) is 6.92 Å². The Hall–Kier alpha value is -3.62. The van der Waals surface area contributed by atoms with Crippen LogP contribution in [0.1, 0.15) is 30.0 Å². The summed E-state index contributed by atoms with van der Waals surface area (Å²) in [6.07, 6.45) is 2.18. The van der Waals surface area contributed by atoms with Crippen molar-refractivity contribution < 1.29 is 19.6 Å². The van der Waals surface area contributed by atoms with Crippen molar-refractivity contribution in [1.82, 2.24) is 9.38 Å². The molecule has 0 aliphatic carbocycles. The van der Waals surface area contributed by atoms with Gasteiger partial charge in [-0.15, -0.1) is 0 Å². The van der Waals surface area contributed by atoms with E-state index in [1.165, 1.54) is 0 Å². The monoisotopic (exact) mass is 370 g/mol. The fraction of sp³-hybridized carbons (Fsp3) is 0.222. The normalized spacial score (nSPS) is 10.7. The van der Waals surface area contributed by atoms with E-state index in [9.17, 15) is 20.0 Å². The number of aromatic hydroxyl groups is 1. The predicted molar refractivity (Wildman–Crippen MR) is 98.5 cm³/mol. The third-order valence-corrected chi connectivity index (χ3v) is 3.98. The van der Waals surface area contributed by atoms with Crippen molar-refractivity contribution in [2.24, 2.45) is 0 Å². The number of hydrogen-bond donors (Lipinski definition) is 2. The molecule has 2 aromatic heterocycles. The number of anilines is 1. The lowest BCUT2D eigenvalue weighted by Crippen LogP contribution is -2.16. The van der Waals surface area contributed by atoms with E-state index < -0.39 is 10.8 Å². The summed E-state index contributed by atoms with van der Waals surface area (Å²) in [5.41, 5.74) is 1.04. The second-order valence-electron chi connectivity index (χ2n) is 5.67. The van der Waals surface area contributed by atoms with Gasteiger partial charge in [0.15, 0.2) is 11.4 Å². The number of nitro groups is 1. The van der Waals surface area contributed by atoms with Gasteiger partial charge in [-0.25, -0.2) is 4.98 Å². The summed E-state index contributed by atoms with van der Waals surface area (Å²) in [5, 5.41) is 23.4. The Morgan fingerprint density at radius 3 is 2.81 bits per heavy atom. The molecule has 0 fully saturated rings. The summed E-state index contributed by atoms with van der Waals surface area (Å²) in [6.45, 7) is 4.17. The predicted octanol–water partition coefficient (Wildman–Crippen LogP) is 3.16. The number of ether oxygens (including phenoxy) is 1. The van der Waals surface area contributed by atoms with E-state index in [4.69, 9.17) is 4.74 Å². The lowest BCUT2D eigenvalue weighted by Gasteiger charge is -2.09. The van der Waals surface area contributed by atoms with Crippen LogP contribution in [0.3, 0.4) is 0 Å². The summed E-state index contributed by atoms with van der Waals surface area (Å²) in [5.74, 6) is -0.258. The van der Waals surface area contributed by atoms with E-state index in [-0.39, 0.29) is 22.8 Å². The van der Waals surface area contributed by atoms with Gasteiger partial charge in [0.05, 0.1) is 22.9 Å². The van der Waals surface area contributed by atoms with Crippen LogP contribution in [0.2, 0.25) is 0 Å². The Morgan fingerprint density at radius 1 is 1.37 bits per heavy atom. The summed E-state index contributed by atoms with van der Waals surface area (Å²) in [6, 6.07) is 6.93. The number of aryl methyl sites for hydroxylation is 1. The Bertz CT molecular complexity index is 1030. The van der Waals surface area contributed by atoms with E-state index in [0.29, 0.717) is 30.1 Å². The first-order valence-electron chi connectivity index (χ1n) is 8.37. The van der Waals surface area contributed by atoms with Gasteiger partial charge in [0.2, 0.25) is 0 Å². The van der Waals surface area contributed by atoms with E-state index in [2.05, 4.69) is 10.3 Å². The number of pyridine rings is 1. The van der Waals surface area contributed by atoms with Crippen LogP contribution in [0, 0.1) is 10.1 Å². The van der Waals surface area contributed by atoms with Crippen molar-refractivity contribution >= 4 is 22.9 Å². The highest BCUT2D eigenvalue weighted by Crippen LogP contribution is 2.29. The standard InChI is InChI=1S/C18H18N4O5/c1-3-12-16(21-9-5-6-15(27-4-2)17(21)19-12)18(24)20-13-10-11(22(25)26)7-8-14(13)23/h5-10,23H,3-4H2,1-2H3,(H,20,24). The number of aromatic nitrogens is 2. The Balaban J connectivity index is 2.05. The molecule has 3 rings (SSSR count). The highest BCUT2D eigenvalue weighted by atomic mass is 16.6. The maximum Gasteiger partial charge on any atom is 0.274 e. The molecule has 0 spiro atoms. The van der Waals surface area contributed by atoms with E-state index in [0.717, 1.165) is 18.2 Å². The van der Waals surface area contributed by atoms with Crippen molar-refractivity contribution in [2.45, 2.75) is 20.3 Å². The molecular weight excluding hydrogens is 352 g/mol. The Morgan fingerprint density at radius 2 is 2.15 bits per heavy atom. The van der Waals surface area contributed by atoms with Crippen LogP contribution in [0.25, 0.3) is 5.65 Å². The molecule has 0 radical (unpaired) electrons. The molecule has 9 heteroatoms. The molecular formula is C18H18N4O5. The number of phenolic OH excluding ortho intramolecular Hbond substituents is 1. The second-order valence-corrected chi connectivity index (χ2v) is 5.67. The first kappa shape index (κ1) is 18.2. The highest BCUT2D eigenvalue weighted by Gasteiger charge is 2.22. The van der Waals surface area contributed by atoms with Crippen molar-refractivity contribution in [3.63, 3.8) is 0 Å². The summed E-state index contributed by atoms with van der Waals surface area (Å²) < 4.78 is 7.17. The molecule has 0 saturated heterocycles. The molecule has 27 heavy (non-hydrogen) atoms. The summed E-state index contributed by atoms with van der Waals surface area (Å²) in [4.78, 5) is 27.7. The fourth-order valence-corrected chi connectivity index (χ4v) is 2.76. The second kappa shape index (κ2) is 7.32. The number of fused-ring (bicyclic) bond motifs is 1. The number of nitrogens with one attached hydrogen (secondary N) is 1. The van der Waals surface area contributed by atoms with Crippen molar-refractivity contribution in [3.05, 3.63) is 58.0 Å². The number of nitrogens with zero attached hydrogens (tertiary/aromatic N) is 3. The lowest BCUT2D eigenvalue weighted by atomic mass is 10.2. The van der Waals surface area contributed by atoms with Gasteiger partial charge in [-0.3, -0.25) is 19.3 Å². The number of nitro benzene ring substituents is 1. The van der Waals surface area contributed by atoms with Crippen molar-refractivity contribution in [1.29, 1.82) is 0 Å². The highest BCUT2D eigenvalue weighted by molar-refractivity contribution is 6.05. The molecule has 9 nitrogen and oxygen atoms in total. The van der Waals surface area contributed by atoms with Crippen LogP contribution in [0.15, 0.2) is 36.5 Å². The van der Waals surface area contributed by atoms with Crippen LogP contribution in [-0.2, 0) is 6.42 Å². The van der Waals surface area contributed by atoms with Gasteiger partial charge < -0.3 is 15.2 Å². The molecule has 140 valence electrons. The zero-order valence-corrected chi connectivity index (χ0v) is 14.8. The van der Waals surface area contributed by atoms with Gasteiger partial charge in [0.1, 0.15) is 11.4 Å². The smallest absolute Gasteiger partial charge is 0.274 e. The SMILES string of the molecule is CCOc1cccn2c(C(=O)Nc3cc([N+](=O)[O-])ccc3O)c(CC)nc12. The number of imidazole rings is 1. The summed E-state index contributed by atoms with van der Waals surface area (Å²) in [7, 11) is 0. The topological polar surface area (TPSA) is 119 Å². The third kappa shape index (κ3) is 3.39. The molecule has 0 bridgehead atoms. The molecule has 1 aromatic carbocycles. The molecule has 0 aliphatic heterocycles. The number of phenols is 1. The summed E-state index contributed by atoms with van der Waals surface area (Å²) >= 11 is 0. The van der Waals surface area contributed by atoms with Crippen LogP contribution in [0.5, 0.6) is 11.5 Å². The average Bonchev–Trinajstić information content (AvgIpc) is 3.03. The van der Waals surface area contributed by atoms with E-state index >= 15 is 0 Å². The molecule has 2 N–H and O–H groups in total. The largest absolute Gasteiger partial charge is 0.506 e.